The Labute approximate surface area is 202 Å². The van der Waals surface area contributed by atoms with E-state index in [4.69, 9.17) is 21.1 Å². The van der Waals surface area contributed by atoms with Crippen molar-refractivity contribution in [2.75, 3.05) is 6.61 Å². The molecular formula is C23H19Br2ClN2O3. The van der Waals surface area contributed by atoms with E-state index in [1.807, 2.05) is 43.3 Å². The summed E-state index contributed by atoms with van der Waals surface area (Å²) >= 11 is 13.2. The number of hydrogen-bond acceptors (Lipinski definition) is 4. The Morgan fingerprint density at radius 3 is 2.39 bits per heavy atom. The second-order valence-corrected chi connectivity index (χ2v) is 8.47. The monoisotopic (exact) mass is 564 g/mol. The molecule has 0 spiro atoms. The van der Waals surface area contributed by atoms with Gasteiger partial charge < -0.3 is 9.47 Å². The van der Waals surface area contributed by atoms with Crippen LogP contribution in [-0.2, 0) is 6.61 Å². The van der Waals surface area contributed by atoms with Gasteiger partial charge in [0.25, 0.3) is 5.91 Å². The molecule has 0 unspecified atom stereocenters. The highest BCUT2D eigenvalue weighted by Crippen LogP contribution is 2.35. The van der Waals surface area contributed by atoms with Gasteiger partial charge in [-0.15, -0.1) is 0 Å². The molecular weight excluding hydrogens is 548 g/mol. The molecule has 3 aromatic carbocycles. The molecule has 3 aromatic rings. The summed E-state index contributed by atoms with van der Waals surface area (Å²) in [5.41, 5.74) is 4.68. The number of ether oxygens (including phenoxy) is 2. The first-order chi connectivity index (χ1) is 15.0. The van der Waals surface area contributed by atoms with Gasteiger partial charge in [0, 0.05) is 16.1 Å². The van der Waals surface area contributed by atoms with Crippen LogP contribution in [-0.4, -0.2) is 18.7 Å². The van der Waals surface area contributed by atoms with Crippen LogP contribution < -0.4 is 14.9 Å². The molecule has 1 amide bonds. The first-order valence-electron chi connectivity index (χ1n) is 9.39. The zero-order valence-electron chi connectivity index (χ0n) is 16.6. The zero-order valence-corrected chi connectivity index (χ0v) is 20.5. The van der Waals surface area contributed by atoms with E-state index in [1.54, 1.807) is 30.5 Å². The molecule has 0 aliphatic rings. The predicted octanol–water partition coefficient (Wildman–Crippen LogP) is 6.61. The Morgan fingerprint density at radius 1 is 1.06 bits per heavy atom. The number of carbonyl (C=O) groups excluding carboxylic acids is 1. The summed E-state index contributed by atoms with van der Waals surface area (Å²) in [7, 11) is 0. The van der Waals surface area contributed by atoms with Gasteiger partial charge in [-0.2, -0.15) is 5.10 Å². The maximum Gasteiger partial charge on any atom is 0.271 e. The summed E-state index contributed by atoms with van der Waals surface area (Å²) in [5.74, 6) is 1.06. The van der Waals surface area contributed by atoms with Crippen molar-refractivity contribution in [1.29, 1.82) is 0 Å². The minimum atomic E-state index is -0.308. The van der Waals surface area contributed by atoms with E-state index in [-0.39, 0.29) is 5.91 Å². The quantitative estimate of drug-likeness (QED) is 0.247. The van der Waals surface area contributed by atoms with Gasteiger partial charge in [-0.3, -0.25) is 4.79 Å². The van der Waals surface area contributed by atoms with Crippen LogP contribution in [0.15, 0.2) is 74.7 Å². The highest BCUT2D eigenvalue weighted by Gasteiger charge is 2.10. The van der Waals surface area contributed by atoms with Crippen LogP contribution >= 0.6 is 43.5 Å². The van der Waals surface area contributed by atoms with Crippen molar-refractivity contribution in [3.63, 3.8) is 0 Å². The molecule has 0 aromatic heterocycles. The fourth-order valence-electron chi connectivity index (χ4n) is 2.66. The second-order valence-electron chi connectivity index (χ2n) is 6.35. The third-order valence-electron chi connectivity index (χ3n) is 4.16. The van der Waals surface area contributed by atoms with Gasteiger partial charge in [0.1, 0.15) is 18.1 Å². The van der Waals surface area contributed by atoms with Crippen molar-refractivity contribution in [2.45, 2.75) is 13.5 Å². The molecule has 0 bridgehead atoms. The Kier molecular flexibility index (Phi) is 8.51. The fourth-order valence-corrected chi connectivity index (χ4v) is 4.30. The summed E-state index contributed by atoms with van der Waals surface area (Å²) < 4.78 is 12.8. The first kappa shape index (κ1) is 23.3. The number of halogens is 3. The van der Waals surface area contributed by atoms with Crippen LogP contribution in [0, 0.1) is 0 Å². The lowest BCUT2D eigenvalue weighted by Gasteiger charge is -2.12. The number of nitrogens with zero attached hydrogens (tertiary/aromatic N) is 1. The van der Waals surface area contributed by atoms with E-state index in [1.165, 1.54) is 0 Å². The van der Waals surface area contributed by atoms with Crippen LogP contribution in [0.2, 0.25) is 5.02 Å². The molecule has 31 heavy (non-hydrogen) atoms. The van der Waals surface area contributed by atoms with Gasteiger partial charge in [0.05, 0.1) is 21.8 Å². The Balaban J connectivity index is 1.62. The normalized spacial score (nSPS) is 10.8. The average molecular weight is 567 g/mol. The van der Waals surface area contributed by atoms with Crippen LogP contribution in [0.1, 0.15) is 28.4 Å². The summed E-state index contributed by atoms with van der Waals surface area (Å²) in [5, 5.41) is 4.69. The van der Waals surface area contributed by atoms with Crippen molar-refractivity contribution >= 4 is 55.6 Å². The van der Waals surface area contributed by atoms with E-state index in [9.17, 15) is 4.79 Å². The maximum atomic E-state index is 12.2. The van der Waals surface area contributed by atoms with Crippen molar-refractivity contribution in [2.24, 2.45) is 5.10 Å². The summed E-state index contributed by atoms with van der Waals surface area (Å²) in [6.07, 6.45) is 1.56. The van der Waals surface area contributed by atoms with Gasteiger partial charge in [-0.1, -0.05) is 29.8 Å². The van der Waals surface area contributed by atoms with Crippen LogP contribution in [0.3, 0.4) is 0 Å². The minimum Gasteiger partial charge on any atom is -0.494 e. The predicted molar refractivity (Wildman–Crippen MR) is 130 cm³/mol. The van der Waals surface area contributed by atoms with Gasteiger partial charge >= 0.3 is 0 Å². The van der Waals surface area contributed by atoms with Crippen molar-refractivity contribution in [1.82, 2.24) is 5.43 Å². The van der Waals surface area contributed by atoms with Gasteiger partial charge in [-0.05, 0) is 86.8 Å². The number of benzene rings is 3. The highest BCUT2D eigenvalue weighted by atomic mass is 79.9. The molecule has 1 N–H and O–H groups in total. The lowest BCUT2D eigenvalue weighted by Crippen LogP contribution is -2.17. The number of hydrogen-bond donors (Lipinski definition) is 1. The molecule has 8 heteroatoms. The molecule has 0 fully saturated rings. The summed E-state index contributed by atoms with van der Waals surface area (Å²) in [4.78, 5) is 12.2. The Bertz CT molecular complexity index is 1070. The number of nitrogens with one attached hydrogen (secondary N) is 1. The number of carbonyl (C=O) groups is 1. The molecule has 0 radical (unpaired) electrons. The summed E-state index contributed by atoms with van der Waals surface area (Å²) in [6, 6.07) is 18.1. The molecule has 0 saturated heterocycles. The topological polar surface area (TPSA) is 59.9 Å². The van der Waals surface area contributed by atoms with Crippen LogP contribution in [0.4, 0.5) is 0 Å². The van der Waals surface area contributed by atoms with Crippen molar-refractivity contribution in [3.8, 4) is 11.5 Å². The number of hydrazone groups is 1. The molecule has 5 nitrogen and oxygen atoms in total. The van der Waals surface area contributed by atoms with E-state index < -0.39 is 0 Å². The second kappa shape index (κ2) is 11.3. The molecule has 3 rings (SSSR count). The zero-order chi connectivity index (χ0) is 22.2. The van der Waals surface area contributed by atoms with E-state index in [2.05, 4.69) is 42.4 Å². The minimum absolute atomic E-state index is 0.308. The average Bonchev–Trinajstić information content (AvgIpc) is 2.75. The van der Waals surface area contributed by atoms with E-state index in [0.717, 1.165) is 20.1 Å². The number of amides is 1. The van der Waals surface area contributed by atoms with Gasteiger partial charge in [0.15, 0.2) is 0 Å². The lowest BCUT2D eigenvalue weighted by molar-refractivity contribution is 0.0955. The van der Waals surface area contributed by atoms with Crippen LogP contribution in [0.25, 0.3) is 0 Å². The molecule has 160 valence electrons. The van der Waals surface area contributed by atoms with E-state index >= 15 is 0 Å². The molecule has 0 atom stereocenters. The highest BCUT2D eigenvalue weighted by molar-refractivity contribution is 9.11. The lowest BCUT2D eigenvalue weighted by atomic mass is 10.2. The third-order valence-corrected chi connectivity index (χ3v) is 5.70. The maximum absolute atomic E-state index is 12.2. The van der Waals surface area contributed by atoms with Crippen LogP contribution in [0.5, 0.6) is 11.5 Å². The third kappa shape index (κ3) is 6.56. The van der Waals surface area contributed by atoms with Gasteiger partial charge in [0.2, 0.25) is 0 Å². The Hall–Kier alpha value is -2.35. The number of rotatable bonds is 8. The summed E-state index contributed by atoms with van der Waals surface area (Å²) in [6.45, 7) is 2.82. The van der Waals surface area contributed by atoms with Crippen molar-refractivity contribution in [3.05, 3.63) is 91.3 Å². The first-order valence-corrected chi connectivity index (χ1v) is 11.4. The van der Waals surface area contributed by atoms with Crippen molar-refractivity contribution < 1.29 is 14.3 Å². The Morgan fingerprint density at radius 2 is 1.74 bits per heavy atom. The smallest absolute Gasteiger partial charge is 0.271 e. The SMILES string of the molecule is CCOc1ccc(C(=O)N/N=C\c2cc(Br)c(OCc3ccccc3Cl)c(Br)c2)cc1. The van der Waals surface area contributed by atoms with Gasteiger partial charge in [-0.25, -0.2) is 5.43 Å². The molecule has 0 aliphatic carbocycles. The fraction of sp³-hybridized carbons (Fsp3) is 0.130. The molecule has 0 saturated carbocycles. The largest absolute Gasteiger partial charge is 0.494 e. The standard InChI is InChI=1S/C23H19Br2ClN2O3/c1-2-30-18-9-7-16(8-10-18)23(29)28-27-13-15-11-19(24)22(20(25)12-15)31-14-17-5-3-4-6-21(17)26/h3-13H,2,14H2,1H3,(H,28,29)/b27-13-. The van der Waals surface area contributed by atoms with E-state index in [0.29, 0.717) is 35.3 Å². The molecule has 0 aliphatic heterocycles. The molecule has 0 heterocycles.